The van der Waals surface area contributed by atoms with Crippen LogP contribution in [0.25, 0.3) is 5.57 Å². The summed E-state index contributed by atoms with van der Waals surface area (Å²) in [7, 11) is 0. The van der Waals surface area contributed by atoms with Gasteiger partial charge in [-0.15, -0.1) is 12.1 Å². The molecule has 0 fully saturated rings. The van der Waals surface area contributed by atoms with Crippen molar-refractivity contribution in [3.05, 3.63) is 83.7 Å². The Bertz CT molecular complexity index is 806. The Hall–Kier alpha value is -1.53. The maximum atomic E-state index is 14.7. The second kappa shape index (κ2) is 9.60. The fourth-order valence-corrected chi connectivity index (χ4v) is 2.80. The standard InChI is InChI=1S/C20H15F4O.FH.Y/c1-13-16(14-8-4-2-5-9-14)12-17(21)18(19(13)22)20(23,24)25-15-10-6-3-7-11-15;;/h2,4-13,19H,1H3;1H;/q-1;;. The monoisotopic (exact) mass is 456 g/mol. The molecule has 2 atom stereocenters. The van der Waals surface area contributed by atoms with Gasteiger partial charge in [-0.25, -0.2) is 8.78 Å². The molecule has 1 aliphatic rings. The molecule has 0 N–H and O–H groups in total. The Morgan fingerprint density at radius 2 is 1.63 bits per heavy atom. The van der Waals surface area contributed by atoms with Gasteiger partial charge in [0.05, 0.1) is 0 Å². The van der Waals surface area contributed by atoms with E-state index in [-0.39, 0.29) is 43.2 Å². The van der Waals surface area contributed by atoms with Crippen LogP contribution in [-0.4, -0.2) is 12.3 Å². The second-order valence-electron chi connectivity index (χ2n) is 5.77. The van der Waals surface area contributed by atoms with Crippen LogP contribution in [0.2, 0.25) is 0 Å². The molecule has 0 aromatic heterocycles. The zero-order valence-electron chi connectivity index (χ0n) is 14.3. The third-order valence-corrected chi connectivity index (χ3v) is 4.10. The molecule has 1 nitrogen and oxygen atoms in total. The van der Waals surface area contributed by atoms with Gasteiger partial charge in [0.15, 0.2) is 0 Å². The van der Waals surface area contributed by atoms with E-state index in [4.69, 9.17) is 0 Å². The SMILES string of the molecule is CC1C(c2ccccc2)=CC(F)=C(C(F)(F)Oc2cc[c-]cc2)C1F.F.[Y]. The number of alkyl halides is 3. The average molecular weight is 456 g/mol. The molecule has 2 aromatic rings. The van der Waals surface area contributed by atoms with Crippen molar-refractivity contribution >= 4 is 5.57 Å². The predicted molar refractivity (Wildman–Crippen MR) is 90.0 cm³/mol. The summed E-state index contributed by atoms with van der Waals surface area (Å²) in [6.07, 6.45) is -5.34. The summed E-state index contributed by atoms with van der Waals surface area (Å²) < 4.78 is 62.5. The van der Waals surface area contributed by atoms with Crippen molar-refractivity contribution in [2.75, 3.05) is 0 Å². The molecule has 0 bridgehead atoms. The van der Waals surface area contributed by atoms with Crippen molar-refractivity contribution in [3.63, 3.8) is 0 Å². The van der Waals surface area contributed by atoms with Crippen LogP contribution < -0.4 is 4.74 Å². The van der Waals surface area contributed by atoms with Crippen molar-refractivity contribution in [1.82, 2.24) is 0 Å². The van der Waals surface area contributed by atoms with E-state index in [0.717, 1.165) is 6.08 Å². The Kier molecular flexibility index (Phi) is 8.36. The first-order chi connectivity index (χ1) is 11.9. The number of allylic oxidation sites excluding steroid dienone is 3. The summed E-state index contributed by atoms with van der Waals surface area (Å²) in [5, 5.41) is 0. The first kappa shape index (κ1) is 23.5. The second-order valence-corrected chi connectivity index (χ2v) is 5.77. The molecular formula is C20H16F5OY-. The van der Waals surface area contributed by atoms with Crippen LogP contribution in [0.5, 0.6) is 5.75 Å². The average Bonchev–Trinajstić information content (AvgIpc) is 2.59. The summed E-state index contributed by atoms with van der Waals surface area (Å²) in [5.41, 5.74) is -0.360. The van der Waals surface area contributed by atoms with Gasteiger partial charge in [0, 0.05) is 44.4 Å². The normalized spacial score (nSPS) is 19.5. The van der Waals surface area contributed by atoms with Gasteiger partial charge in [-0.05, 0) is 17.2 Å². The van der Waals surface area contributed by atoms with Gasteiger partial charge < -0.3 is 4.74 Å². The molecule has 7 heteroatoms. The van der Waals surface area contributed by atoms with E-state index in [9.17, 15) is 17.6 Å². The molecule has 0 saturated carbocycles. The van der Waals surface area contributed by atoms with E-state index >= 15 is 0 Å². The van der Waals surface area contributed by atoms with Crippen molar-refractivity contribution in [3.8, 4) is 5.75 Å². The summed E-state index contributed by atoms with van der Waals surface area (Å²) >= 11 is 0. The van der Waals surface area contributed by atoms with Gasteiger partial charge in [0.25, 0.3) is 0 Å². The van der Waals surface area contributed by atoms with E-state index in [1.54, 1.807) is 30.3 Å². The number of ether oxygens (including phenoxy) is 1. The maximum Gasteiger partial charge on any atom is 0.426 e. The molecule has 0 aliphatic heterocycles. The topological polar surface area (TPSA) is 9.23 Å². The Morgan fingerprint density at radius 1 is 1.04 bits per heavy atom. The molecule has 0 spiro atoms. The van der Waals surface area contributed by atoms with Gasteiger partial charge in [-0.3, -0.25) is 4.70 Å². The van der Waals surface area contributed by atoms with E-state index in [2.05, 4.69) is 10.8 Å². The number of rotatable bonds is 4. The molecule has 0 heterocycles. The van der Waals surface area contributed by atoms with Crippen LogP contribution in [-0.2, 0) is 32.7 Å². The third-order valence-electron chi connectivity index (χ3n) is 4.10. The number of benzene rings is 2. The first-order valence-corrected chi connectivity index (χ1v) is 7.74. The van der Waals surface area contributed by atoms with Crippen LogP contribution >= 0.6 is 0 Å². The molecule has 1 aliphatic carbocycles. The van der Waals surface area contributed by atoms with E-state index in [0.29, 0.717) is 11.1 Å². The number of halogens is 5. The molecule has 2 unspecified atom stereocenters. The molecule has 2 aromatic carbocycles. The van der Waals surface area contributed by atoms with Crippen LogP contribution in [0, 0.1) is 12.0 Å². The zero-order chi connectivity index (χ0) is 18.0. The van der Waals surface area contributed by atoms with Gasteiger partial charge in [-0.2, -0.15) is 27.0 Å². The van der Waals surface area contributed by atoms with Gasteiger partial charge in [0.2, 0.25) is 0 Å². The minimum absolute atomic E-state index is 0. The van der Waals surface area contributed by atoms with Crippen molar-refractivity contribution in [2.45, 2.75) is 19.2 Å². The van der Waals surface area contributed by atoms with E-state index in [1.165, 1.54) is 31.2 Å². The minimum Gasteiger partial charge on any atom is -0.456 e. The van der Waals surface area contributed by atoms with Crippen molar-refractivity contribution in [1.29, 1.82) is 0 Å². The van der Waals surface area contributed by atoms with E-state index < -0.39 is 29.6 Å². The van der Waals surface area contributed by atoms with Crippen LogP contribution in [0.3, 0.4) is 0 Å². The summed E-state index contributed by atoms with van der Waals surface area (Å²) in [6, 6.07) is 16.5. The third kappa shape index (κ3) is 5.05. The Balaban J connectivity index is 0.00000182. The Morgan fingerprint density at radius 3 is 2.22 bits per heavy atom. The predicted octanol–water partition coefficient (Wildman–Crippen LogP) is 5.90. The molecule has 141 valence electrons. The Labute approximate surface area is 179 Å². The quantitative estimate of drug-likeness (QED) is 0.411. The summed E-state index contributed by atoms with van der Waals surface area (Å²) in [5.74, 6) is -2.44. The van der Waals surface area contributed by atoms with Gasteiger partial charge in [0.1, 0.15) is 17.6 Å². The van der Waals surface area contributed by atoms with E-state index in [1.807, 2.05) is 0 Å². The van der Waals surface area contributed by atoms with Crippen molar-refractivity contribution in [2.24, 2.45) is 5.92 Å². The largest absolute Gasteiger partial charge is 0.456 e. The molecule has 1 radical (unpaired) electrons. The fourth-order valence-electron chi connectivity index (χ4n) is 2.80. The zero-order valence-corrected chi connectivity index (χ0v) is 17.2. The maximum absolute atomic E-state index is 14.7. The summed E-state index contributed by atoms with van der Waals surface area (Å²) in [4.78, 5) is 0. The molecule has 3 rings (SSSR count). The molecule has 0 amide bonds. The van der Waals surface area contributed by atoms with Crippen LogP contribution in [0.1, 0.15) is 12.5 Å². The van der Waals surface area contributed by atoms with Gasteiger partial charge >= 0.3 is 6.11 Å². The van der Waals surface area contributed by atoms with Gasteiger partial charge in [-0.1, -0.05) is 37.3 Å². The smallest absolute Gasteiger partial charge is 0.426 e. The minimum atomic E-state index is -4.10. The molecule has 27 heavy (non-hydrogen) atoms. The van der Waals surface area contributed by atoms with Crippen LogP contribution in [0.4, 0.5) is 22.3 Å². The number of hydrogen-bond acceptors (Lipinski definition) is 1. The van der Waals surface area contributed by atoms with Crippen molar-refractivity contribution < 1.29 is 59.7 Å². The number of hydrogen-bond donors (Lipinski definition) is 0. The summed E-state index contributed by atoms with van der Waals surface area (Å²) in [6.45, 7) is 1.45. The fraction of sp³-hybridized carbons (Fsp3) is 0.200. The molecule has 0 saturated heterocycles. The molecular weight excluding hydrogens is 440 g/mol. The first-order valence-electron chi connectivity index (χ1n) is 7.74. The van der Waals surface area contributed by atoms with Crippen LogP contribution in [0.15, 0.2) is 72.1 Å².